The summed E-state index contributed by atoms with van der Waals surface area (Å²) in [4.78, 5) is 13.8. The zero-order valence-corrected chi connectivity index (χ0v) is 11.4. The Balaban J connectivity index is 1.95. The average molecular weight is 255 g/mol. The molecule has 1 unspecified atom stereocenters. The molecule has 1 atom stereocenters. The first-order chi connectivity index (χ1) is 8.64. The SMILES string of the molecule is CN(CC1(C(=O)O)CCOC1)C1CCCCCC1. The van der Waals surface area contributed by atoms with Gasteiger partial charge in [0, 0.05) is 19.2 Å². The topological polar surface area (TPSA) is 49.8 Å². The van der Waals surface area contributed by atoms with Crippen LogP contribution < -0.4 is 0 Å². The predicted octanol–water partition coefficient (Wildman–Crippen LogP) is 2.13. The number of nitrogens with zero attached hydrogens (tertiary/aromatic N) is 1. The number of hydrogen-bond donors (Lipinski definition) is 1. The number of aliphatic carboxylic acids is 1. The van der Waals surface area contributed by atoms with E-state index in [1.54, 1.807) is 0 Å². The lowest BCUT2D eigenvalue weighted by atomic mass is 9.86. The molecule has 18 heavy (non-hydrogen) atoms. The summed E-state index contributed by atoms with van der Waals surface area (Å²) in [5, 5.41) is 9.46. The first kappa shape index (κ1) is 13.8. The van der Waals surface area contributed by atoms with Gasteiger partial charge in [-0.1, -0.05) is 25.7 Å². The van der Waals surface area contributed by atoms with Gasteiger partial charge in [-0.05, 0) is 26.3 Å². The molecule has 0 aromatic rings. The van der Waals surface area contributed by atoms with Crippen molar-refractivity contribution >= 4 is 5.97 Å². The van der Waals surface area contributed by atoms with Gasteiger partial charge >= 0.3 is 5.97 Å². The van der Waals surface area contributed by atoms with Crippen molar-refractivity contribution in [1.29, 1.82) is 0 Å². The maximum Gasteiger partial charge on any atom is 0.313 e. The van der Waals surface area contributed by atoms with E-state index in [0.717, 1.165) is 0 Å². The standard InChI is InChI=1S/C14H25NO3/c1-15(12-6-4-2-3-5-7-12)10-14(13(16)17)8-9-18-11-14/h12H,2-11H2,1H3,(H,16,17). The third-order valence-corrected chi connectivity index (χ3v) is 4.56. The van der Waals surface area contributed by atoms with Gasteiger partial charge < -0.3 is 14.7 Å². The summed E-state index contributed by atoms with van der Waals surface area (Å²) in [5.74, 6) is -0.694. The fourth-order valence-electron chi connectivity index (χ4n) is 3.27. The third-order valence-electron chi connectivity index (χ3n) is 4.56. The second-order valence-electron chi connectivity index (χ2n) is 5.95. The number of rotatable bonds is 4. The summed E-state index contributed by atoms with van der Waals surface area (Å²) >= 11 is 0. The van der Waals surface area contributed by atoms with Gasteiger partial charge in [-0.3, -0.25) is 4.79 Å². The monoisotopic (exact) mass is 255 g/mol. The molecule has 1 saturated carbocycles. The minimum atomic E-state index is -0.694. The van der Waals surface area contributed by atoms with E-state index >= 15 is 0 Å². The molecule has 2 rings (SSSR count). The van der Waals surface area contributed by atoms with Crippen LogP contribution in [0.5, 0.6) is 0 Å². The van der Waals surface area contributed by atoms with Gasteiger partial charge in [-0.25, -0.2) is 0 Å². The molecule has 4 nitrogen and oxygen atoms in total. The molecule has 0 bridgehead atoms. The van der Waals surface area contributed by atoms with Crippen LogP contribution in [0.3, 0.4) is 0 Å². The fourth-order valence-corrected chi connectivity index (χ4v) is 3.27. The first-order valence-corrected chi connectivity index (χ1v) is 7.15. The second kappa shape index (κ2) is 6.02. The lowest BCUT2D eigenvalue weighted by Gasteiger charge is -2.33. The predicted molar refractivity (Wildman–Crippen MR) is 69.6 cm³/mol. The van der Waals surface area contributed by atoms with Crippen molar-refractivity contribution in [2.45, 2.75) is 51.0 Å². The maximum absolute atomic E-state index is 11.5. The van der Waals surface area contributed by atoms with Crippen LogP contribution in [0.25, 0.3) is 0 Å². The van der Waals surface area contributed by atoms with Crippen LogP contribution in [0.2, 0.25) is 0 Å². The van der Waals surface area contributed by atoms with Gasteiger partial charge in [0.05, 0.1) is 6.61 Å². The highest BCUT2D eigenvalue weighted by Gasteiger charge is 2.44. The number of ether oxygens (including phenoxy) is 1. The van der Waals surface area contributed by atoms with Gasteiger partial charge in [-0.2, -0.15) is 0 Å². The summed E-state index contributed by atoms with van der Waals surface area (Å²) in [7, 11) is 2.08. The van der Waals surface area contributed by atoms with E-state index in [1.165, 1.54) is 38.5 Å². The molecule has 104 valence electrons. The van der Waals surface area contributed by atoms with Crippen molar-refractivity contribution in [3.05, 3.63) is 0 Å². The highest BCUT2D eigenvalue weighted by Crippen LogP contribution is 2.32. The lowest BCUT2D eigenvalue weighted by molar-refractivity contribution is -0.150. The van der Waals surface area contributed by atoms with Crippen LogP contribution in [-0.4, -0.2) is 48.8 Å². The summed E-state index contributed by atoms with van der Waals surface area (Å²) in [6, 6.07) is 0.560. The van der Waals surface area contributed by atoms with Crippen LogP contribution in [0.15, 0.2) is 0 Å². The largest absolute Gasteiger partial charge is 0.481 e. The van der Waals surface area contributed by atoms with Crippen LogP contribution >= 0.6 is 0 Å². The number of hydrogen-bond acceptors (Lipinski definition) is 3. The van der Waals surface area contributed by atoms with Gasteiger partial charge in [-0.15, -0.1) is 0 Å². The second-order valence-corrected chi connectivity index (χ2v) is 5.95. The Morgan fingerprint density at radius 2 is 2.00 bits per heavy atom. The Morgan fingerprint density at radius 3 is 2.50 bits per heavy atom. The summed E-state index contributed by atoms with van der Waals surface area (Å²) in [6.07, 6.45) is 8.31. The molecule has 1 N–H and O–H groups in total. The van der Waals surface area contributed by atoms with Gasteiger partial charge in [0.25, 0.3) is 0 Å². The first-order valence-electron chi connectivity index (χ1n) is 7.15. The molecule has 1 heterocycles. The Kier molecular flexibility index (Phi) is 4.62. The molecule has 4 heteroatoms. The summed E-state index contributed by atoms with van der Waals surface area (Å²) < 4.78 is 5.33. The van der Waals surface area contributed by atoms with Crippen LogP contribution in [0.1, 0.15) is 44.9 Å². The Labute approximate surface area is 109 Å². The van der Waals surface area contributed by atoms with Crippen molar-refractivity contribution in [2.75, 3.05) is 26.8 Å². The van der Waals surface area contributed by atoms with Crippen molar-refractivity contribution in [1.82, 2.24) is 4.90 Å². The molecule has 1 aliphatic heterocycles. The normalized spacial score (nSPS) is 30.6. The Bertz CT molecular complexity index is 279. The zero-order valence-electron chi connectivity index (χ0n) is 11.4. The zero-order chi connectivity index (χ0) is 13.0. The number of carboxylic acids is 1. The van der Waals surface area contributed by atoms with Gasteiger partial charge in [0.1, 0.15) is 5.41 Å². The minimum absolute atomic E-state index is 0.374. The van der Waals surface area contributed by atoms with Crippen molar-refractivity contribution < 1.29 is 14.6 Å². The van der Waals surface area contributed by atoms with Crippen molar-refractivity contribution in [3.63, 3.8) is 0 Å². The molecular formula is C14H25NO3. The van der Waals surface area contributed by atoms with E-state index in [-0.39, 0.29) is 0 Å². The Hall–Kier alpha value is -0.610. The van der Waals surface area contributed by atoms with E-state index in [2.05, 4.69) is 11.9 Å². The van der Waals surface area contributed by atoms with Crippen LogP contribution in [0, 0.1) is 5.41 Å². The van der Waals surface area contributed by atoms with Crippen molar-refractivity contribution in [3.8, 4) is 0 Å². The van der Waals surface area contributed by atoms with Gasteiger partial charge in [0.15, 0.2) is 0 Å². The van der Waals surface area contributed by atoms with E-state index in [1.807, 2.05) is 0 Å². The van der Waals surface area contributed by atoms with E-state index in [4.69, 9.17) is 4.74 Å². The van der Waals surface area contributed by atoms with E-state index < -0.39 is 11.4 Å². The highest BCUT2D eigenvalue weighted by molar-refractivity contribution is 5.75. The number of carboxylic acid groups (broad SMARTS) is 1. The quantitative estimate of drug-likeness (QED) is 0.782. The molecule has 2 aliphatic rings. The third kappa shape index (κ3) is 3.04. The lowest BCUT2D eigenvalue weighted by Crippen LogP contribution is -2.45. The highest BCUT2D eigenvalue weighted by atomic mass is 16.5. The summed E-state index contributed by atoms with van der Waals surface area (Å²) in [6.45, 7) is 1.59. The molecule has 0 aromatic heterocycles. The van der Waals surface area contributed by atoms with Gasteiger partial charge in [0.2, 0.25) is 0 Å². The summed E-state index contributed by atoms with van der Waals surface area (Å²) in [5.41, 5.74) is -0.666. The Morgan fingerprint density at radius 1 is 1.33 bits per heavy atom. The van der Waals surface area contributed by atoms with E-state index in [9.17, 15) is 9.90 Å². The molecule has 0 amide bonds. The van der Waals surface area contributed by atoms with E-state index in [0.29, 0.717) is 32.2 Å². The molecule has 0 aromatic carbocycles. The molecule has 1 saturated heterocycles. The molecule has 2 fully saturated rings. The molecular weight excluding hydrogens is 230 g/mol. The number of carbonyl (C=O) groups is 1. The smallest absolute Gasteiger partial charge is 0.313 e. The van der Waals surface area contributed by atoms with Crippen LogP contribution in [-0.2, 0) is 9.53 Å². The molecule has 0 radical (unpaired) electrons. The molecule has 0 spiro atoms. The molecule has 1 aliphatic carbocycles. The maximum atomic E-state index is 11.5. The van der Waals surface area contributed by atoms with Crippen molar-refractivity contribution in [2.24, 2.45) is 5.41 Å². The average Bonchev–Trinajstić information content (AvgIpc) is 2.65. The minimum Gasteiger partial charge on any atom is -0.481 e. The fraction of sp³-hybridized carbons (Fsp3) is 0.929. The van der Waals surface area contributed by atoms with Crippen LogP contribution in [0.4, 0.5) is 0 Å².